The quantitative estimate of drug-likeness (QED) is 0.530. The van der Waals surface area contributed by atoms with Crippen molar-refractivity contribution in [2.75, 3.05) is 50.8 Å². The van der Waals surface area contributed by atoms with Gasteiger partial charge in [-0.2, -0.15) is 0 Å². The number of anilines is 1. The lowest BCUT2D eigenvalue weighted by Crippen LogP contribution is -2.50. The number of carbonyl (C=O) groups excluding carboxylic acids is 1. The van der Waals surface area contributed by atoms with Crippen molar-refractivity contribution in [1.82, 2.24) is 15.2 Å². The fourth-order valence-corrected chi connectivity index (χ4v) is 4.90. The third-order valence-corrected chi connectivity index (χ3v) is 6.77. The normalized spacial score (nSPS) is 19.0. The largest absolute Gasteiger partial charge is 0.396 e. The summed E-state index contributed by atoms with van der Waals surface area (Å²) >= 11 is 0. The molecule has 2 atom stereocenters. The molecule has 2 N–H and O–H groups in total. The first-order chi connectivity index (χ1) is 16.6. The van der Waals surface area contributed by atoms with Gasteiger partial charge in [-0.15, -0.1) is 0 Å². The lowest BCUT2D eigenvalue weighted by molar-refractivity contribution is -0.146. The monoisotopic (exact) mass is 466 g/mol. The van der Waals surface area contributed by atoms with Gasteiger partial charge in [-0.25, -0.2) is 0 Å². The van der Waals surface area contributed by atoms with Gasteiger partial charge in [-0.1, -0.05) is 25.1 Å². The summed E-state index contributed by atoms with van der Waals surface area (Å²) < 4.78 is 5.81. The molecule has 2 heterocycles. The molecule has 0 radical (unpaired) electrons. The molecule has 7 heteroatoms. The highest BCUT2D eigenvalue weighted by Gasteiger charge is 2.38. The van der Waals surface area contributed by atoms with Crippen LogP contribution >= 0.6 is 0 Å². The highest BCUT2D eigenvalue weighted by Crippen LogP contribution is 2.38. The SMILES string of the molecule is CCN(CCCO)c1cccc(-c2ccccn2)c1C(C)CN(C(=O)C1CNCCO1)C1CC1. The number of rotatable bonds is 11. The van der Waals surface area contributed by atoms with Crippen molar-refractivity contribution in [2.45, 2.75) is 51.2 Å². The number of aromatic nitrogens is 1. The minimum Gasteiger partial charge on any atom is -0.396 e. The molecular formula is C27H38N4O3. The number of carbonyl (C=O) groups is 1. The van der Waals surface area contributed by atoms with Crippen molar-refractivity contribution in [3.8, 4) is 11.3 Å². The summed E-state index contributed by atoms with van der Waals surface area (Å²) in [4.78, 5) is 22.5. The fourth-order valence-electron chi connectivity index (χ4n) is 4.90. The molecule has 4 rings (SSSR count). The number of hydrogen-bond acceptors (Lipinski definition) is 6. The number of nitrogens with one attached hydrogen (secondary N) is 1. The summed E-state index contributed by atoms with van der Waals surface area (Å²) in [6.45, 7) is 8.76. The van der Waals surface area contributed by atoms with Crippen LogP contribution in [0.1, 0.15) is 44.6 Å². The van der Waals surface area contributed by atoms with Crippen LogP contribution in [-0.4, -0.2) is 79.0 Å². The number of hydrogen-bond donors (Lipinski definition) is 2. The molecule has 0 spiro atoms. The Balaban J connectivity index is 1.67. The zero-order valence-corrected chi connectivity index (χ0v) is 20.4. The second-order valence-corrected chi connectivity index (χ2v) is 9.30. The maximum atomic E-state index is 13.4. The van der Waals surface area contributed by atoms with E-state index in [0.717, 1.165) is 49.4 Å². The predicted octanol–water partition coefficient (Wildman–Crippen LogP) is 3.04. The first-order valence-electron chi connectivity index (χ1n) is 12.7. The van der Waals surface area contributed by atoms with Gasteiger partial charge in [0.1, 0.15) is 6.10 Å². The Morgan fingerprint density at radius 3 is 2.76 bits per heavy atom. The molecular weight excluding hydrogens is 428 g/mol. The Morgan fingerprint density at radius 2 is 2.12 bits per heavy atom. The number of morpholine rings is 1. The van der Waals surface area contributed by atoms with E-state index < -0.39 is 6.10 Å². The molecule has 2 aliphatic rings. The molecule has 1 saturated carbocycles. The average Bonchev–Trinajstić information content (AvgIpc) is 3.73. The third kappa shape index (κ3) is 5.77. The second-order valence-electron chi connectivity index (χ2n) is 9.30. The van der Waals surface area contributed by atoms with Crippen molar-refractivity contribution < 1.29 is 14.6 Å². The van der Waals surface area contributed by atoms with Crippen LogP contribution in [0, 0.1) is 0 Å². The van der Waals surface area contributed by atoms with Gasteiger partial charge in [0, 0.05) is 68.7 Å². The number of aliphatic hydroxyl groups is 1. The van der Waals surface area contributed by atoms with Crippen LogP contribution < -0.4 is 10.2 Å². The van der Waals surface area contributed by atoms with Gasteiger partial charge in [-0.3, -0.25) is 9.78 Å². The van der Waals surface area contributed by atoms with E-state index in [0.29, 0.717) is 32.2 Å². The van der Waals surface area contributed by atoms with Crippen LogP contribution in [0.3, 0.4) is 0 Å². The molecule has 1 saturated heterocycles. The maximum absolute atomic E-state index is 13.4. The summed E-state index contributed by atoms with van der Waals surface area (Å²) in [6, 6.07) is 12.7. The molecule has 1 aromatic heterocycles. The third-order valence-electron chi connectivity index (χ3n) is 6.77. The Hall–Kier alpha value is -2.48. The highest BCUT2D eigenvalue weighted by atomic mass is 16.5. The smallest absolute Gasteiger partial charge is 0.253 e. The van der Waals surface area contributed by atoms with Gasteiger partial charge in [0.15, 0.2) is 0 Å². The molecule has 1 aliphatic heterocycles. The predicted molar refractivity (Wildman–Crippen MR) is 135 cm³/mol. The zero-order chi connectivity index (χ0) is 23.9. The molecule has 2 aromatic rings. The number of benzene rings is 1. The number of amides is 1. The van der Waals surface area contributed by atoms with E-state index in [9.17, 15) is 9.90 Å². The number of ether oxygens (including phenoxy) is 1. The van der Waals surface area contributed by atoms with Gasteiger partial charge in [0.25, 0.3) is 5.91 Å². The van der Waals surface area contributed by atoms with E-state index >= 15 is 0 Å². The molecule has 2 fully saturated rings. The van der Waals surface area contributed by atoms with E-state index in [1.807, 2.05) is 24.4 Å². The number of pyridine rings is 1. The minimum absolute atomic E-state index is 0.103. The summed E-state index contributed by atoms with van der Waals surface area (Å²) in [5, 5.41) is 12.7. The standard InChI is InChI=1S/C27H38N4O3/c1-3-30(15-7-16-32)24-10-6-8-22(23-9-4-5-13-29-23)26(24)20(2)19-31(21-11-12-21)27(33)25-18-28-14-17-34-25/h4-6,8-10,13,20-21,25,28,32H,3,7,11-12,14-19H2,1-2H3. The summed E-state index contributed by atoms with van der Waals surface area (Å²) in [5.41, 5.74) is 4.41. The Bertz CT molecular complexity index is 929. The number of nitrogens with zero attached hydrogens (tertiary/aromatic N) is 3. The maximum Gasteiger partial charge on any atom is 0.253 e. The van der Waals surface area contributed by atoms with E-state index in [1.165, 1.54) is 5.56 Å². The highest BCUT2D eigenvalue weighted by molar-refractivity contribution is 5.82. The van der Waals surface area contributed by atoms with Crippen molar-refractivity contribution in [1.29, 1.82) is 0 Å². The fraction of sp³-hybridized carbons (Fsp3) is 0.556. The Labute approximate surface area is 203 Å². The van der Waals surface area contributed by atoms with Gasteiger partial charge in [-0.05, 0) is 49.9 Å². The first kappa shape index (κ1) is 24.6. The van der Waals surface area contributed by atoms with E-state index in [2.05, 4.69) is 52.1 Å². The molecule has 1 amide bonds. The summed E-state index contributed by atoms with van der Waals surface area (Å²) in [6.07, 6.45) is 4.26. The Kier molecular flexibility index (Phi) is 8.53. The molecule has 1 aromatic carbocycles. The molecule has 2 unspecified atom stereocenters. The van der Waals surface area contributed by atoms with Gasteiger partial charge < -0.3 is 25.0 Å². The van der Waals surface area contributed by atoms with Crippen molar-refractivity contribution in [3.05, 3.63) is 48.2 Å². The van der Waals surface area contributed by atoms with Crippen molar-refractivity contribution in [3.63, 3.8) is 0 Å². The second kappa shape index (κ2) is 11.8. The minimum atomic E-state index is -0.399. The van der Waals surface area contributed by atoms with E-state index in [1.54, 1.807) is 0 Å². The molecule has 7 nitrogen and oxygen atoms in total. The Morgan fingerprint density at radius 1 is 1.26 bits per heavy atom. The van der Waals surface area contributed by atoms with Gasteiger partial charge in [0.05, 0.1) is 12.3 Å². The van der Waals surface area contributed by atoms with E-state index in [4.69, 9.17) is 4.74 Å². The van der Waals surface area contributed by atoms with Crippen LogP contribution in [0.5, 0.6) is 0 Å². The van der Waals surface area contributed by atoms with Gasteiger partial charge >= 0.3 is 0 Å². The zero-order valence-electron chi connectivity index (χ0n) is 20.4. The van der Waals surface area contributed by atoms with E-state index in [-0.39, 0.29) is 18.4 Å². The molecule has 0 bridgehead atoms. The van der Waals surface area contributed by atoms with Crippen molar-refractivity contribution >= 4 is 11.6 Å². The van der Waals surface area contributed by atoms with Crippen LogP contribution in [-0.2, 0) is 9.53 Å². The summed E-state index contributed by atoms with van der Waals surface area (Å²) in [5.74, 6) is 0.212. The molecule has 184 valence electrons. The van der Waals surface area contributed by atoms with Crippen LogP contribution in [0.25, 0.3) is 11.3 Å². The average molecular weight is 467 g/mol. The van der Waals surface area contributed by atoms with Crippen molar-refractivity contribution in [2.24, 2.45) is 0 Å². The summed E-state index contributed by atoms with van der Waals surface area (Å²) in [7, 11) is 0. The molecule has 1 aliphatic carbocycles. The topological polar surface area (TPSA) is 77.9 Å². The lowest BCUT2D eigenvalue weighted by Gasteiger charge is -2.34. The van der Waals surface area contributed by atoms with Crippen LogP contribution in [0.15, 0.2) is 42.6 Å². The van der Waals surface area contributed by atoms with Gasteiger partial charge in [0.2, 0.25) is 0 Å². The first-order valence-corrected chi connectivity index (χ1v) is 12.7. The van der Waals surface area contributed by atoms with Crippen LogP contribution in [0.4, 0.5) is 5.69 Å². The lowest BCUT2D eigenvalue weighted by atomic mass is 9.90. The molecule has 34 heavy (non-hydrogen) atoms. The van der Waals surface area contributed by atoms with Crippen LogP contribution in [0.2, 0.25) is 0 Å². The number of aliphatic hydroxyl groups excluding tert-OH is 1.